The maximum absolute atomic E-state index is 13.5. The second-order valence-electron chi connectivity index (χ2n) is 4.68. The van der Waals surface area contributed by atoms with Crippen LogP contribution in [0, 0.1) is 15.2 Å². The van der Waals surface area contributed by atoms with E-state index in [-0.39, 0.29) is 17.5 Å². The van der Waals surface area contributed by atoms with Crippen molar-refractivity contribution in [3.63, 3.8) is 0 Å². The lowest BCUT2D eigenvalue weighted by Crippen LogP contribution is -2.23. The molecule has 1 heterocycles. The van der Waals surface area contributed by atoms with E-state index in [1.54, 1.807) is 23.1 Å². The Hall–Kier alpha value is -1.50. The Bertz CT molecular complexity index is 685. The van der Waals surface area contributed by atoms with E-state index >= 15 is 0 Å². The minimum absolute atomic E-state index is 0.173. The van der Waals surface area contributed by atoms with Crippen molar-refractivity contribution in [2.75, 3.05) is 0 Å². The number of carbonyl (C=O) groups excluding carboxylic acids is 1. The van der Waals surface area contributed by atoms with Gasteiger partial charge in [0.2, 0.25) is 0 Å². The summed E-state index contributed by atoms with van der Waals surface area (Å²) in [5.74, 6) is -0.851. The summed E-state index contributed by atoms with van der Waals surface area (Å²) in [5, 5.41) is 0. The number of halogens is 3. The fourth-order valence-electron chi connectivity index (χ4n) is 2.33. The third-order valence-electron chi connectivity index (χ3n) is 3.33. The summed E-state index contributed by atoms with van der Waals surface area (Å²) < 4.78 is 26.8. The van der Waals surface area contributed by atoms with Crippen molar-refractivity contribution in [3.05, 3.63) is 68.3 Å². The molecule has 0 aromatic heterocycles. The van der Waals surface area contributed by atoms with Gasteiger partial charge in [-0.05, 0) is 51.9 Å². The highest BCUT2D eigenvalue weighted by molar-refractivity contribution is 14.1. The van der Waals surface area contributed by atoms with Gasteiger partial charge in [0.15, 0.2) is 0 Å². The predicted molar refractivity (Wildman–Crippen MR) is 79.1 cm³/mol. The van der Waals surface area contributed by atoms with Gasteiger partial charge < -0.3 is 4.90 Å². The van der Waals surface area contributed by atoms with Gasteiger partial charge in [-0.2, -0.15) is 0 Å². The molecule has 2 aromatic carbocycles. The van der Waals surface area contributed by atoms with Crippen molar-refractivity contribution in [2.45, 2.75) is 13.1 Å². The average molecular weight is 385 g/mol. The Morgan fingerprint density at radius 2 is 1.80 bits per heavy atom. The van der Waals surface area contributed by atoms with E-state index in [1.165, 1.54) is 18.2 Å². The van der Waals surface area contributed by atoms with Gasteiger partial charge in [-0.3, -0.25) is 4.79 Å². The molecule has 1 amide bonds. The Labute approximate surface area is 128 Å². The average Bonchev–Trinajstić information content (AvgIpc) is 2.74. The summed E-state index contributed by atoms with van der Waals surface area (Å²) in [7, 11) is 0. The summed E-state index contributed by atoms with van der Waals surface area (Å²) in [6.45, 7) is 0.854. The number of rotatable bonds is 2. The van der Waals surface area contributed by atoms with Gasteiger partial charge in [-0.25, -0.2) is 8.78 Å². The van der Waals surface area contributed by atoms with Gasteiger partial charge in [0.05, 0.1) is 9.13 Å². The summed E-state index contributed by atoms with van der Waals surface area (Å²) in [5.41, 5.74) is 2.14. The van der Waals surface area contributed by atoms with Crippen LogP contribution in [0.4, 0.5) is 8.78 Å². The quantitative estimate of drug-likeness (QED) is 0.722. The first-order valence-corrected chi connectivity index (χ1v) is 7.15. The molecule has 0 radical (unpaired) electrons. The normalized spacial score (nSPS) is 13.8. The first-order chi connectivity index (χ1) is 9.56. The fourth-order valence-corrected chi connectivity index (χ4v) is 3.08. The maximum Gasteiger partial charge on any atom is 0.255 e. The highest BCUT2D eigenvalue weighted by atomic mass is 127. The van der Waals surface area contributed by atoms with Crippen LogP contribution in [0.25, 0.3) is 0 Å². The van der Waals surface area contributed by atoms with Crippen LogP contribution in [0.3, 0.4) is 0 Å². The molecule has 0 N–H and O–H groups in total. The Morgan fingerprint density at radius 1 is 1.10 bits per heavy atom. The van der Waals surface area contributed by atoms with Gasteiger partial charge >= 0.3 is 0 Å². The number of amides is 1. The molecule has 0 aliphatic carbocycles. The van der Waals surface area contributed by atoms with Gasteiger partial charge in [-0.15, -0.1) is 0 Å². The number of nitrogens with zero attached hydrogens (tertiary/aromatic N) is 1. The highest BCUT2D eigenvalue weighted by Gasteiger charge is 2.30. The summed E-state index contributed by atoms with van der Waals surface area (Å²) in [6.07, 6.45) is 0. The fraction of sp³-hybridized carbons (Fsp3) is 0.133. The molecular formula is C15H10F2INO. The lowest BCUT2D eigenvalue weighted by molar-refractivity contribution is 0.0765. The molecule has 0 spiro atoms. The Kier molecular flexibility index (Phi) is 3.45. The van der Waals surface area contributed by atoms with E-state index in [1.807, 2.05) is 22.6 Å². The van der Waals surface area contributed by atoms with Gasteiger partial charge in [0.1, 0.15) is 11.6 Å². The minimum atomic E-state index is -0.374. The molecule has 0 saturated heterocycles. The molecule has 20 heavy (non-hydrogen) atoms. The van der Waals surface area contributed by atoms with Crippen LogP contribution in [0.15, 0.2) is 36.4 Å². The SMILES string of the molecule is O=C1c2c(ccc(F)c2I)CN1Cc1ccc(F)cc1. The van der Waals surface area contributed by atoms with Crippen molar-refractivity contribution in [1.29, 1.82) is 0 Å². The molecule has 5 heteroatoms. The van der Waals surface area contributed by atoms with E-state index < -0.39 is 0 Å². The van der Waals surface area contributed by atoms with Crippen LogP contribution in [0.1, 0.15) is 21.5 Å². The minimum Gasteiger partial charge on any atom is -0.330 e. The highest BCUT2D eigenvalue weighted by Crippen LogP contribution is 2.29. The van der Waals surface area contributed by atoms with E-state index in [0.717, 1.165) is 11.1 Å². The van der Waals surface area contributed by atoms with Crippen LogP contribution in [0.5, 0.6) is 0 Å². The Balaban J connectivity index is 1.87. The second-order valence-corrected chi connectivity index (χ2v) is 5.76. The molecule has 2 nitrogen and oxygen atoms in total. The zero-order valence-electron chi connectivity index (χ0n) is 10.4. The smallest absolute Gasteiger partial charge is 0.255 e. The first-order valence-electron chi connectivity index (χ1n) is 6.07. The standard InChI is InChI=1S/C15H10F2INO/c16-11-4-1-9(2-5-11)7-19-8-10-3-6-12(17)14(18)13(10)15(19)20/h1-6H,7-8H2. The molecule has 3 rings (SSSR count). The number of carbonyl (C=O) groups is 1. The van der Waals surface area contributed by atoms with Crippen molar-refractivity contribution in [1.82, 2.24) is 4.90 Å². The molecule has 0 unspecified atom stereocenters. The van der Waals surface area contributed by atoms with Gasteiger partial charge in [0.25, 0.3) is 5.91 Å². The zero-order chi connectivity index (χ0) is 14.3. The van der Waals surface area contributed by atoms with E-state index in [9.17, 15) is 13.6 Å². The molecule has 102 valence electrons. The van der Waals surface area contributed by atoms with E-state index in [2.05, 4.69) is 0 Å². The van der Waals surface area contributed by atoms with Gasteiger partial charge in [-0.1, -0.05) is 18.2 Å². The molecule has 0 bridgehead atoms. The number of benzene rings is 2. The monoisotopic (exact) mass is 385 g/mol. The van der Waals surface area contributed by atoms with Crippen molar-refractivity contribution in [3.8, 4) is 0 Å². The predicted octanol–water partition coefficient (Wildman–Crippen LogP) is 3.73. The van der Waals surface area contributed by atoms with E-state index in [0.29, 0.717) is 22.2 Å². The largest absolute Gasteiger partial charge is 0.330 e. The zero-order valence-corrected chi connectivity index (χ0v) is 12.5. The van der Waals surface area contributed by atoms with Crippen LogP contribution >= 0.6 is 22.6 Å². The van der Waals surface area contributed by atoms with Crippen LogP contribution in [0.2, 0.25) is 0 Å². The topological polar surface area (TPSA) is 20.3 Å². The molecule has 0 atom stereocenters. The lowest BCUT2D eigenvalue weighted by atomic mass is 10.1. The molecular weight excluding hydrogens is 375 g/mol. The van der Waals surface area contributed by atoms with Crippen molar-refractivity contribution in [2.24, 2.45) is 0 Å². The van der Waals surface area contributed by atoms with Crippen LogP contribution in [-0.4, -0.2) is 10.8 Å². The number of fused-ring (bicyclic) bond motifs is 1. The van der Waals surface area contributed by atoms with Crippen molar-refractivity contribution >= 4 is 28.5 Å². The van der Waals surface area contributed by atoms with Gasteiger partial charge in [0, 0.05) is 13.1 Å². The van der Waals surface area contributed by atoms with Crippen LogP contribution in [-0.2, 0) is 13.1 Å². The molecule has 1 aliphatic heterocycles. The molecule has 0 saturated carbocycles. The summed E-state index contributed by atoms with van der Waals surface area (Å²) in [6, 6.07) is 9.07. The summed E-state index contributed by atoms with van der Waals surface area (Å²) >= 11 is 1.86. The summed E-state index contributed by atoms with van der Waals surface area (Å²) in [4.78, 5) is 14.0. The first kappa shape index (κ1) is 13.5. The third kappa shape index (κ3) is 2.30. The lowest BCUT2D eigenvalue weighted by Gasteiger charge is -2.15. The molecule has 1 aliphatic rings. The number of hydrogen-bond donors (Lipinski definition) is 0. The second kappa shape index (κ2) is 5.12. The molecule has 2 aromatic rings. The number of hydrogen-bond acceptors (Lipinski definition) is 1. The third-order valence-corrected chi connectivity index (χ3v) is 4.38. The maximum atomic E-state index is 13.5. The van der Waals surface area contributed by atoms with Crippen LogP contribution < -0.4 is 0 Å². The van der Waals surface area contributed by atoms with Crippen molar-refractivity contribution < 1.29 is 13.6 Å². The Morgan fingerprint density at radius 3 is 2.50 bits per heavy atom. The van der Waals surface area contributed by atoms with E-state index in [4.69, 9.17) is 0 Å². The molecule has 0 fully saturated rings.